The summed E-state index contributed by atoms with van der Waals surface area (Å²) in [6.45, 7) is 6.44. The predicted octanol–water partition coefficient (Wildman–Crippen LogP) is 6.35. The van der Waals surface area contributed by atoms with Crippen molar-refractivity contribution >= 4 is 5.91 Å². The van der Waals surface area contributed by atoms with Crippen LogP contribution >= 0.6 is 0 Å². The summed E-state index contributed by atoms with van der Waals surface area (Å²) in [5, 5.41) is 0. The molecule has 0 aliphatic heterocycles. The lowest BCUT2D eigenvalue weighted by atomic mass is 9.89. The highest BCUT2D eigenvalue weighted by atomic mass is 16.2. The highest BCUT2D eigenvalue weighted by molar-refractivity contribution is 5.87. The molecule has 3 heteroatoms. The van der Waals surface area contributed by atoms with Crippen LogP contribution < -0.4 is 0 Å². The SMILES string of the molecule is CC(C)CN(Cc1cccn1Cc1ccccc1)C(=O)C(c1ccccc1)c1ccccc1. The average molecular weight is 437 g/mol. The third-order valence-electron chi connectivity index (χ3n) is 5.88. The number of carbonyl (C=O) groups excluding carboxylic acids is 1. The third-order valence-corrected chi connectivity index (χ3v) is 5.88. The first-order valence-corrected chi connectivity index (χ1v) is 11.7. The highest BCUT2D eigenvalue weighted by Gasteiger charge is 2.28. The van der Waals surface area contributed by atoms with Gasteiger partial charge in [-0.1, -0.05) is 105 Å². The van der Waals surface area contributed by atoms with E-state index < -0.39 is 0 Å². The van der Waals surface area contributed by atoms with Crippen molar-refractivity contribution in [2.45, 2.75) is 32.9 Å². The van der Waals surface area contributed by atoms with Gasteiger partial charge in [0.2, 0.25) is 5.91 Å². The molecule has 3 nitrogen and oxygen atoms in total. The van der Waals surface area contributed by atoms with E-state index in [9.17, 15) is 4.79 Å². The second-order valence-electron chi connectivity index (χ2n) is 8.98. The molecule has 4 aromatic rings. The Morgan fingerprint density at radius 2 is 1.30 bits per heavy atom. The number of hydrogen-bond donors (Lipinski definition) is 0. The van der Waals surface area contributed by atoms with Crippen LogP contribution in [-0.2, 0) is 17.9 Å². The fourth-order valence-electron chi connectivity index (χ4n) is 4.35. The largest absolute Gasteiger partial charge is 0.345 e. The Morgan fingerprint density at radius 1 is 0.758 bits per heavy atom. The van der Waals surface area contributed by atoms with Crippen molar-refractivity contribution in [3.63, 3.8) is 0 Å². The number of amides is 1. The average Bonchev–Trinajstić information content (AvgIpc) is 3.27. The molecule has 0 radical (unpaired) electrons. The van der Waals surface area contributed by atoms with E-state index in [1.54, 1.807) is 0 Å². The summed E-state index contributed by atoms with van der Waals surface area (Å²) in [6, 6.07) is 34.9. The molecule has 168 valence electrons. The number of aromatic nitrogens is 1. The van der Waals surface area contributed by atoms with E-state index in [2.05, 4.69) is 85.3 Å². The lowest BCUT2D eigenvalue weighted by molar-refractivity contribution is -0.133. The van der Waals surface area contributed by atoms with Crippen LogP contribution in [0.25, 0.3) is 0 Å². The summed E-state index contributed by atoms with van der Waals surface area (Å²) in [4.78, 5) is 16.1. The molecule has 0 fully saturated rings. The van der Waals surface area contributed by atoms with Crippen LogP contribution in [-0.4, -0.2) is 21.9 Å². The minimum atomic E-state index is -0.316. The molecule has 0 unspecified atom stereocenters. The molecular formula is C30H32N2O. The van der Waals surface area contributed by atoms with Crippen molar-refractivity contribution in [3.8, 4) is 0 Å². The molecule has 1 amide bonds. The molecule has 0 saturated heterocycles. The van der Waals surface area contributed by atoms with Crippen molar-refractivity contribution in [1.29, 1.82) is 0 Å². The molecule has 1 aromatic heterocycles. The molecule has 0 spiro atoms. The summed E-state index contributed by atoms with van der Waals surface area (Å²) in [7, 11) is 0. The summed E-state index contributed by atoms with van der Waals surface area (Å²) >= 11 is 0. The van der Waals surface area contributed by atoms with E-state index in [-0.39, 0.29) is 11.8 Å². The number of rotatable bonds is 9. The normalized spacial score (nSPS) is 11.2. The quantitative estimate of drug-likeness (QED) is 0.300. The number of carbonyl (C=O) groups is 1. The standard InChI is InChI=1S/C30H32N2O/c1-24(2)21-32(23-28-19-12-20-31(28)22-25-13-6-3-7-14-25)30(33)29(26-15-8-4-9-16-26)27-17-10-5-11-18-27/h3-20,24,29H,21-23H2,1-2H3. The summed E-state index contributed by atoms with van der Waals surface area (Å²) in [5.41, 5.74) is 4.46. The molecule has 4 rings (SSSR count). The van der Waals surface area contributed by atoms with Gasteiger partial charge in [0, 0.05) is 25.0 Å². The van der Waals surface area contributed by atoms with Crippen molar-refractivity contribution in [2.24, 2.45) is 5.92 Å². The topological polar surface area (TPSA) is 25.2 Å². The van der Waals surface area contributed by atoms with Crippen LogP contribution in [0.1, 0.15) is 42.1 Å². The first-order valence-electron chi connectivity index (χ1n) is 11.7. The highest BCUT2D eigenvalue weighted by Crippen LogP contribution is 2.28. The van der Waals surface area contributed by atoms with Crippen LogP contribution in [0.5, 0.6) is 0 Å². The van der Waals surface area contributed by atoms with Gasteiger partial charge in [-0.05, 0) is 34.7 Å². The molecule has 0 saturated carbocycles. The second-order valence-corrected chi connectivity index (χ2v) is 8.98. The van der Waals surface area contributed by atoms with Crippen LogP contribution in [0.15, 0.2) is 109 Å². The molecule has 0 N–H and O–H groups in total. The second kappa shape index (κ2) is 10.8. The molecule has 3 aromatic carbocycles. The van der Waals surface area contributed by atoms with E-state index in [1.807, 2.05) is 47.4 Å². The minimum Gasteiger partial charge on any atom is -0.345 e. The zero-order valence-corrected chi connectivity index (χ0v) is 19.5. The fraction of sp³-hybridized carbons (Fsp3) is 0.233. The lowest BCUT2D eigenvalue weighted by Gasteiger charge is -2.30. The Kier molecular flexibility index (Phi) is 7.41. The van der Waals surface area contributed by atoms with Gasteiger partial charge in [-0.25, -0.2) is 0 Å². The number of nitrogens with zero attached hydrogens (tertiary/aromatic N) is 2. The van der Waals surface area contributed by atoms with Gasteiger partial charge in [0.15, 0.2) is 0 Å². The molecular weight excluding hydrogens is 404 g/mol. The van der Waals surface area contributed by atoms with Crippen molar-refractivity contribution < 1.29 is 4.79 Å². The van der Waals surface area contributed by atoms with Crippen LogP contribution in [0.2, 0.25) is 0 Å². The Labute approximate surface area is 197 Å². The number of hydrogen-bond acceptors (Lipinski definition) is 1. The van der Waals surface area contributed by atoms with Gasteiger partial charge in [0.25, 0.3) is 0 Å². The minimum absolute atomic E-state index is 0.147. The van der Waals surface area contributed by atoms with Crippen molar-refractivity contribution in [3.05, 3.63) is 132 Å². The van der Waals surface area contributed by atoms with Gasteiger partial charge in [-0.15, -0.1) is 0 Å². The van der Waals surface area contributed by atoms with Crippen LogP contribution in [0.4, 0.5) is 0 Å². The molecule has 1 heterocycles. The zero-order chi connectivity index (χ0) is 23.0. The first kappa shape index (κ1) is 22.6. The third kappa shape index (κ3) is 5.81. The summed E-state index contributed by atoms with van der Waals surface area (Å²) in [6.07, 6.45) is 2.10. The molecule has 0 aliphatic rings. The van der Waals surface area contributed by atoms with Gasteiger partial charge >= 0.3 is 0 Å². The van der Waals surface area contributed by atoms with Crippen LogP contribution in [0.3, 0.4) is 0 Å². The monoisotopic (exact) mass is 436 g/mol. The van der Waals surface area contributed by atoms with Crippen molar-refractivity contribution in [1.82, 2.24) is 9.47 Å². The molecule has 0 aliphatic carbocycles. The van der Waals surface area contributed by atoms with Gasteiger partial charge in [0.1, 0.15) is 0 Å². The Bertz CT molecular complexity index is 1090. The van der Waals surface area contributed by atoms with E-state index in [1.165, 1.54) is 5.56 Å². The summed E-state index contributed by atoms with van der Waals surface area (Å²) in [5.74, 6) is 0.205. The van der Waals surface area contributed by atoms with E-state index >= 15 is 0 Å². The molecule has 0 bridgehead atoms. The lowest BCUT2D eigenvalue weighted by Crippen LogP contribution is -2.38. The summed E-state index contributed by atoms with van der Waals surface area (Å²) < 4.78 is 2.25. The van der Waals surface area contributed by atoms with Gasteiger partial charge in [-0.2, -0.15) is 0 Å². The van der Waals surface area contributed by atoms with E-state index in [0.717, 1.165) is 23.4 Å². The Balaban J connectivity index is 1.64. The van der Waals surface area contributed by atoms with Gasteiger partial charge in [0.05, 0.1) is 12.5 Å². The smallest absolute Gasteiger partial charge is 0.234 e. The Morgan fingerprint density at radius 3 is 1.85 bits per heavy atom. The molecule has 33 heavy (non-hydrogen) atoms. The van der Waals surface area contributed by atoms with Crippen LogP contribution in [0, 0.1) is 5.92 Å². The number of benzene rings is 3. The van der Waals surface area contributed by atoms with Gasteiger partial charge < -0.3 is 9.47 Å². The predicted molar refractivity (Wildman–Crippen MR) is 135 cm³/mol. The fourth-order valence-corrected chi connectivity index (χ4v) is 4.35. The van der Waals surface area contributed by atoms with E-state index in [4.69, 9.17) is 0 Å². The first-order chi connectivity index (χ1) is 16.1. The van der Waals surface area contributed by atoms with Crippen molar-refractivity contribution in [2.75, 3.05) is 6.54 Å². The van der Waals surface area contributed by atoms with Gasteiger partial charge in [-0.3, -0.25) is 4.79 Å². The van der Waals surface area contributed by atoms with E-state index in [0.29, 0.717) is 19.0 Å². The zero-order valence-electron chi connectivity index (χ0n) is 19.5. The molecule has 0 atom stereocenters. The Hall–Kier alpha value is -3.59. The maximum Gasteiger partial charge on any atom is 0.234 e. The maximum absolute atomic E-state index is 14.1. The maximum atomic E-state index is 14.1.